The lowest BCUT2D eigenvalue weighted by Crippen LogP contribution is -2.19. The second-order valence-corrected chi connectivity index (χ2v) is 3.88. The van der Waals surface area contributed by atoms with Crippen molar-refractivity contribution >= 4 is 11.6 Å². The van der Waals surface area contributed by atoms with Gasteiger partial charge in [0.25, 0.3) is 5.92 Å². The molecule has 5 heteroatoms. The molecule has 1 rings (SSSR count). The van der Waals surface area contributed by atoms with Gasteiger partial charge in [-0.1, -0.05) is 0 Å². The van der Waals surface area contributed by atoms with Crippen LogP contribution >= 0.6 is 11.6 Å². The summed E-state index contributed by atoms with van der Waals surface area (Å²) in [6.45, 7) is 1.90. The number of aryl methyl sites for hydroxylation is 1. The molecule has 0 N–H and O–H groups in total. The van der Waals surface area contributed by atoms with Crippen molar-refractivity contribution in [3.05, 3.63) is 34.9 Å². The molecule has 1 atom stereocenters. The lowest BCUT2D eigenvalue weighted by atomic mass is 10.0. The molecule has 0 aromatic heterocycles. The van der Waals surface area contributed by atoms with E-state index in [0.29, 0.717) is 13.0 Å². The highest BCUT2D eigenvalue weighted by Crippen LogP contribution is 2.38. The summed E-state index contributed by atoms with van der Waals surface area (Å²) >= 11 is 5.36. The van der Waals surface area contributed by atoms with E-state index in [-0.39, 0.29) is 5.56 Å². The Balaban J connectivity index is 3.21. The third-order valence-electron chi connectivity index (χ3n) is 2.00. The van der Waals surface area contributed by atoms with Crippen LogP contribution in [-0.4, -0.2) is 5.92 Å². The Hall–Kier alpha value is -0.770. The van der Waals surface area contributed by atoms with E-state index in [2.05, 4.69) is 0 Å². The third kappa shape index (κ3) is 2.62. The molecule has 1 aromatic carbocycles. The average Bonchev–Trinajstić information content (AvgIpc) is 2.08. The van der Waals surface area contributed by atoms with Crippen molar-refractivity contribution in [1.82, 2.24) is 0 Å². The van der Waals surface area contributed by atoms with Crippen molar-refractivity contribution in [2.45, 2.75) is 25.1 Å². The minimum Gasteiger partial charge on any atom is -0.207 e. The molecule has 0 saturated heterocycles. The van der Waals surface area contributed by atoms with Crippen LogP contribution < -0.4 is 0 Å². The molecule has 0 heterocycles. The largest absolute Gasteiger partial charge is 0.265 e. The van der Waals surface area contributed by atoms with Gasteiger partial charge in [-0.3, -0.25) is 0 Å². The third-order valence-corrected chi connectivity index (χ3v) is 2.61. The van der Waals surface area contributed by atoms with E-state index in [9.17, 15) is 17.6 Å². The zero-order valence-electron chi connectivity index (χ0n) is 8.12. The Morgan fingerprint density at radius 1 is 1.20 bits per heavy atom. The van der Waals surface area contributed by atoms with Crippen molar-refractivity contribution in [2.75, 3.05) is 0 Å². The van der Waals surface area contributed by atoms with E-state index in [1.54, 1.807) is 0 Å². The number of rotatable bonds is 2. The van der Waals surface area contributed by atoms with E-state index >= 15 is 0 Å². The summed E-state index contributed by atoms with van der Waals surface area (Å²) < 4.78 is 51.8. The predicted molar refractivity (Wildman–Crippen MR) is 50.3 cm³/mol. The van der Waals surface area contributed by atoms with Gasteiger partial charge in [-0.15, -0.1) is 11.6 Å². The van der Waals surface area contributed by atoms with E-state index in [0.717, 1.165) is 6.07 Å². The molecule has 0 fully saturated rings. The topological polar surface area (TPSA) is 0 Å². The number of benzene rings is 1. The standard InChI is InChI=1S/C10H9ClF4/c1-5-3-8(13)6(4-7(5)12)9(11)10(2,14)15/h3-4,9H,1-2H3. The van der Waals surface area contributed by atoms with Gasteiger partial charge >= 0.3 is 0 Å². The minimum absolute atomic E-state index is 0.0551. The fraction of sp³-hybridized carbons (Fsp3) is 0.400. The SMILES string of the molecule is Cc1cc(F)c(C(Cl)C(C)(F)F)cc1F. The second-order valence-electron chi connectivity index (χ2n) is 3.44. The molecular formula is C10H9ClF4. The summed E-state index contributed by atoms with van der Waals surface area (Å²) in [6, 6.07) is 1.56. The van der Waals surface area contributed by atoms with Gasteiger partial charge < -0.3 is 0 Å². The molecule has 1 unspecified atom stereocenters. The summed E-state index contributed by atoms with van der Waals surface area (Å²) in [6.07, 6.45) is 0. The molecule has 0 nitrogen and oxygen atoms in total. The highest BCUT2D eigenvalue weighted by atomic mass is 35.5. The van der Waals surface area contributed by atoms with Crippen molar-refractivity contribution in [2.24, 2.45) is 0 Å². The minimum atomic E-state index is -3.30. The fourth-order valence-corrected chi connectivity index (χ4v) is 1.30. The van der Waals surface area contributed by atoms with Crippen LogP contribution in [-0.2, 0) is 0 Å². The van der Waals surface area contributed by atoms with E-state index in [1.807, 2.05) is 0 Å². The van der Waals surface area contributed by atoms with Crippen LogP contribution in [0.1, 0.15) is 23.4 Å². The summed E-state index contributed by atoms with van der Waals surface area (Å²) in [5.74, 6) is -4.97. The average molecular weight is 241 g/mol. The Morgan fingerprint density at radius 2 is 1.73 bits per heavy atom. The fourth-order valence-electron chi connectivity index (χ4n) is 1.13. The van der Waals surface area contributed by atoms with Gasteiger partial charge in [0.1, 0.15) is 17.0 Å². The van der Waals surface area contributed by atoms with Crippen LogP contribution in [0.25, 0.3) is 0 Å². The summed E-state index contributed by atoms with van der Waals surface area (Å²) in [5, 5.41) is -1.87. The molecule has 0 bridgehead atoms. The van der Waals surface area contributed by atoms with Crippen molar-refractivity contribution in [3.8, 4) is 0 Å². The maximum Gasteiger partial charge on any atom is 0.265 e. The van der Waals surface area contributed by atoms with Gasteiger partial charge in [0.05, 0.1) is 0 Å². The highest BCUT2D eigenvalue weighted by molar-refractivity contribution is 6.21. The zero-order valence-corrected chi connectivity index (χ0v) is 8.88. The molecule has 0 aliphatic carbocycles. The van der Waals surface area contributed by atoms with Gasteiger partial charge in [-0.25, -0.2) is 17.6 Å². The van der Waals surface area contributed by atoms with Crippen LogP contribution in [0.4, 0.5) is 17.6 Å². The Kier molecular flexibility index (Phi) is 3.28. The van der Waals surface area contributed by atoms with Gasteiger partial charge in [0.2, 0.25) is 0 Å². The molecule has 84 valence electrons. The summed E-state index contributed by atoms with van der Waals surface area (Å²) in [4.78, 5) is 0. The van der Waals surface area contributed by atoms with Crippen molar-refractivity contribution in [1.29, 1.82) is 0 Å². The van der Waals surface area contributed by atoms with Gasteiger partial charge in [0, 0.05) is 12.5 Å². The molecular weight excluding hydrogens is 232 g/mol. The lowest BCUT2D eigenvalue weighted by Gasteiger charge is -2.18. The molecule has 15 heavy (non-hydrogen) atoms. The number of hydrogen-bond acceptors (Lipinski definition) is 0. The van der Waals surface area contributed by atoms with E-state index < -0.39 is 28.5 Å². The zero-order chi connectivity index (χ0) is 11.8. The Morgan fingerprint density at radius 3 is 2.20 bits per heavy atom. The van der Waals surface area contributed by atoms with E-state index in [1.165, 1.54) is 6.92 Å². The normalized spacial score (nSPS) is 14.1. The summed E-state index contributed by atoms with van der Waals surface area (Å²) in [7, 11) is 0. The molecule has 0 amide bonds. The quantitative estimate of drug-likeness (QED) is 0.537. The monoisotopic (exact) mass is 240 g/mol. The molecule has 0 aliphatic rings. The maximum atomic E-state index is 13.2. The Bertz CT molecular complexity index is 370. The maximum absolute atomic E-state index is 13.2. The number of alkyl halides is 3. The number of halogens is 5. The van der Waals surface area contributed by atoms with Crippen molar-refractivity contribution in [3.63, 3.8) is 0 Å². The van der Waals surface area contributed by atoms with Crippen LogP contribution in [0.3, 0.4) is 0 Å². The molecule has 0 spiro atoms. The summed E-state index contributed by atoms with van der Waals surface area (Å²) in [5.41, 5.74) is -0.466. The predicted octanol–water partition coefficient (Wildman–Crippen LogP) is 4.21. The van der Waals surface area contributed by atoms with Crippen LogP contribution in [0, 0.1) is 18.6 Å². The first-order valence-corrected chi connectivity index (χ1v) is 4.64. The second kappa shape index (κ2) is 4.00. The van der Waals surface area contributed by atoms with Gasteiger partial charge in [0.15, 0.2) is 0 Å². The lowest BCUT2D eigenvalue weighted by molar-refractivity contribution is 0.0160. The smallest absolute Gasteiger partial charge is 0.207 e. The molecule has 0 aliphatic heterocycles. The van der Waals surface area contributed by atoms with Gasteiger partial charge in [-0.2, -0.15) is 0 Å². The van der Waals surface area contributed by atoms with Gasteiger partial charge in [-0.05, 0) is 24.6 Å². The van der Waals surface area contributed by atoms with Crippen LogP contribution in [0.2, 0.25) is 0 Å². The van der Waals surface area contributed by atoms with Crippen LogP contribution in [0.5, 0.6) is 0 Å². The first kappa shape index (κ1) is 12.3. The van der Waals surface area contributed by atoms with E-state index in [4.69, 9.17) is 11.6 Å². The van der Waals surface area contributed by atoms with Crippen molar-refractivity contribution < 1.29 is 17.6 Å². The van der Waals surface area contributed by atoms with Crippen LogP contribution in [0.15, 0.2) is 12.1 Å². The Labute approximate surface area is 89.9 Å². The molecule has 0 radical (unpaired) electrons. The molecule has 1 aromatic rings. The highest BCUT2D eigenvalue weighted by Gasteiger charge is 2.35. The first-order chi connectivity index (χ1) is 6.73. The molecule has 0 saturated carbocycles. The number of hydrogen-bond donors (Lipinski definition) is 0. The first-order valence-electron chi connectivity index (χ1n) is 4.21.